The zero-order valence-corrected chi connectivity index (χ0v) is 11.7. The number of aliphatic hydroxyl groups is 1. The van der Waals surface area contributed by atoms with E-state index in [4.69, 9.17) is 9.47 Å². The quantitative estimate of drug-likeness (QED) is 0.585. The average Bonchev–Trinajstić information content (AvgIpc) is 2.41. The molecular formula is C14H29NO3. The molecule has 0 heterocycles. The first-order valence-electron chi connectivity index (χ1n) is 7.28. The Hall–Kier alpha value is -0.160. The van der Waals surface area contributed by atoms with Crippen LogP contribution in [0.25, 0.3) is 0 Å². The second-order valence-electron chi connectivity index (χ2n) is 5.22. The van der Waals surface area contributed by atoms with E-state index in [-0.39, 0.29) is 0 Å². The Bertz CT molecular complexity index is 184. The van der Waals surface area contributed by atoms with Crippen molar-refractivity contribution >= 4 is 0 Å². The van der Waals surface area contributed by atoms with Gasteiger partial charge in [0.25, 0.3) is 0 Å². The highest BCUT2D eigenvalue weighted by atomic mass is 16.5. The molecule has 0 aliphatic heterocycles. The van der Waals surface area contributed by atoms with E-state index in [1.807, 2.05) is 0 Å². The molecule has 0 radical (unpaired) electrons. The van der Waals surface area contributed by atoms with Crippen molar-refractivity contribution in [3.05, 3.63) is 0 Å². The molecule has 0 aromatic heterocycles. The Morgan fingerprint density at radius 3 is 2.72 bits per heavy atom. The molecule has 0 spiro atoms. The van der Waals surface area contributed by atoms with Crippen LogP contribution in [0.2, 0.25) is 0 Å². The molecule has 4 nitrogen and oxygen atoms in total. The van der Waals surface area contributed by atoms with Gasteiger partial charge in [-0.05, 0) is 18.9 Å². The Kier molecular flexibility index (Phi) is 9.48. The van der Waals surface area contributed by atoms with E-state index in [1.165, 1.54) is 38.5 Å². The summed E-state index contributed by atoms with van der Waals surface area (Å²) in [6, 6.07) is 0. The van der Waals surface area contributed by atoms with Crippen molar-refractivity contribution in [1.29, 1.82) is 0 Å². The smallest absolute Gasteiger partial charge is 0.0897 e. The minimum absolute atomic E-state index is 0.389. The van der Waals surface area contributed by atoms with E-state index >= 15 is 0 Å². The van der Waals surface area contributed by atoms with Crippen molar-refractivity contribution in [3.63, 3.8) is 0 Å². The fraction of sp³-hybridized carbons (Fsp3) is 1.00. The number of methoxy groups -OCH3 is 1. The lowest BCUT2D eigenvalue weighted by Crippen LogP contribution is -2.32. The van der Waals surface area contributed by atoms with Gasteiger partial charge in [0.2, 0.25) is 0 Å². The summed E-state index contributed by atoms with van der Waals surface area (Å²) in [5.41, 5.74) is 0. The Balaban J connectivity index is 1.86. The van der Waals surface area contributed by atoms with E-state index in [9.17, 15) is 5.11 Å². The lowest BCUT2D eigenvalue weighted by atomic mass is 9.87. The van der Waals surface area contributed by atoms with Gasteiger partial charge >= 0.3 is 0 Å². The van der Waals surface area contributed by atoms with Crippen molar-refractivity contribution in [3.8, 4) is 0 Å². The molecule has 0 bridgehead atoms. The van der Waals surface area contributed by atoms with Crippen molar-refractivity contribution < 1.29 is 14.6 Å². The second-order valence-corrected chi connectivity index (χ2v) is 5.22. The SMILES string of the molecule is COCCOCC(O)CNCCC1CCCCC1. The third kappa shape index (κ3) is 8.03. The summed E-state index contributed by atoms with van der Waals surface area (Å²) in [6.45, 7) is 3.16. The van der Waals surface area contributed by atoms with Crippen LogP contribution in [-0.2, 0) is 9.47 Å². The molecule has 2 N–H and O–H groups in total. The fourth-order valence-electron chi connectivity index (χ4n) is 2.47. The number of ether oxygens (including phenoxy) is 2. The highest BCUT2D eigenvalue weighted by Crippen LogP contribution is 2.25. The van der Waals surface area contributed by atoms with E-state index in [0.717, 1.165) is 12.5 Å². The highest BCUT2D eigenvalue weighted by Gasteiger charge is 2.12. The first kappa shape index (κ1) is 15.9. The maximum absolute atomic E-state index is 9.66. The van der Waals surface area contributed by atoms with Gasteiger partial charge in [-0.15, -0.1) is 0 Å². The molecule has 4 heteroatoms. The summed E-state index contributed by atoms with van der Waals surface area (Å²) in [5, 5.41) is 13.0. The van der Waals surface area contributed by atoms with E-state index in [0.29, 0.717) is 26.4 Å². The minimum Gasteiger partial charge on any atom is -0.389 e. The van der Waals surface area contributed by atoms with E-state index in [2.05, 4.69) is 5.32 Å². The molecule has 1 aliphatic rings. The van der Waals surface area contributed by atoms with E-state index in [1.54, 1.807) is 7.11 Å². The van der Waals surface area contributed by atoms with Crippen molar-refractivity contribution in [1.82, 2.24) is 5.32 Å². The van der Waals surface area contributed by atoms with Gasteiger partial charge in [-0.2, -0.15) is 0 Å². The number of nitrogens with one attached hydrogen (secondary N) is 1. The van der Waals surface area contributed by atoms with Gasteiger partial charge in [0, 0.05) is 13.7 Å². The molecule has 1 atom stereocenters. The molecule has 0 saturated heterocycles. The Morgan fingerprint density at radius 1 is 1.22 bits per heavy atom. The summed E-state index contributed by atoms with van der Waals surface area (Å²) in [4.78, 5) is 0. The largest absolute Gasteiger partial charge is 0.389 e. The predicted octanol–water partition coefficient (Wildman–Crippen LogP) is 1.57. The van der Waals surface area contributed by atoms with Crippen LogP contribution >= 0.6 is 0 Å². The number of hydrogen-bond acceptors (Lipinski definition) is 4. The maximum Gasteiger partial charge on any atom is 0.0897 e. The Morgan fingerprint density at radius 2 is 2.00 bits per heavy atom. The molecule has 0 aromatic rings. The normalized spacial score (nSPS) is 19.0. The van der Waals surface area contributed by atoms with Crippen molar-refractivity contribution in [2.45, 2.75) is 44.6 Å². The monoisotopic (exact) mass is 259 g/mol. The van der Waals surface area contributed by atoms with Crippen LogP contribution in [0.3, 0.4) is 0 Å². The molecular weight excluding hydrogens is 230 g/mol. The lowest BCUT2D eigenvalue weighted by Gasteiger charge is -2.21. The molecule has 1 aliphatic carbocycles. The highest BCUT2D eigenvalue weighted by molar-refractivity contribution is 4.67. The van der Waals surface area contributed by atoms with Crippen LogP contribution in [0, 0.1) is 5.92 Å². The second kappa shape index (κ2) is 10.7. The molecule has 1 fully saturated rings. The summed E-state index contributed by atoms with van der Waals surface area (Å²) in [6.07, 6.45) is 7.85. The standard InChI is InChI=1S/C14H29NO3/c1-17-9-10-18-12-14(16)11-15-8-7-13-5-3-2-4-6-13/h13-16H,2-12H2,1H3. The van der Waals surface area contributed by atoms with Crippen molar-refractivity contribution in [2.75, 3.05) is 40.0 Å². The Labute approximate surface area is 111 Å². The third-order valence-corrected chi connectivity index (χ3v) is 3.58. The molecule has 1 unspecified atom stereocenters. The molecule has 1 rings (SSSR count). The van der Waals surface area contributed by atoms with Crippen LogP contribution in [0.4, 0.5) is 0 Å². The first-order valence-corrected chi connectivity index (χ1v) is 7.28. The number of aliphatic hydroxyl groups excluding tert-OH is 1. The van der Waals surface area contributed by atoms with Crippen LogP contribution in [0.1, 0.15) is 38.5 Å². The van der Waals surface area contributed by atoms with Gasteiger partial charge in [0.15, 0.2) is 0 Å². The van der Waals surface area contributed by atoms with Gasteiger partial charge in [-0.25, -0.2) is 0 Å². The van der Waals surface area contributed by atoms with Gasteiger partial charge in [-0.3, -0.25) is 0 Å². The number of hydrogen-bond donors (Lipinski definition) is 2. The fourth-order valence-corrected chi connectivity index (χ4v) is 2.47. The van der Waals surface area contributed by atoms with Crippen LogP contribution in [0.15, 0.2) is 0 Å². The number of rotatable bonds is 10. The first-order chi connectivity index (χ1) is 8.83. The summed E-state index contributed by atoms with van der Waals surface area (Å²) in [7, 11) is 1.65. The minimum atomic E-state index is -0.409. The molecule has 1 saturated carbocycles. The van der Waals surface area contributed by atoms with Crippen LogP contribution < -0.4 is 5.32 Å². The molecule has 18 heavy (non-hydrogen) atoms. The van der Waals surface area contributed by atoms with E-state index < -0.39 is 6.10 Å². The topological polar surface area (TPSA) is 50.7 Å². The summed E-state index contributed by atoms with van der Waals surface area (Å²) < 4.78 is 10.1. The molecule has 0 amide bonds. The van der Waals surface area contributed by atoms with Gasteiger partial charge in [0.1, 0.15) is 0 Å². The third-order valence-electron chi connectivity index (χ3n) is 3.58. The van der Waals surface area contributed by atoms with Gasteiger partial charge < -0.3 is 19.9 Å². The summed E-state index contributed by atoms with van der Waals surface area (Å²) in [5.74, 6) is 0.904. The van der Waals surface area contributed by atoms with Crippen molar-refractivity contribution in [2.24, 2.45) is 5.92 Å². The average molecular weight is 259 g/mol. The van der Waals surface area contributed by atoms with Gasteiger partial charge in [0.05, 0.1) is 25.9 Å². The molecule has 108 valence electrons. The molecule has 0 aromatic carbocycles. The zero-order valence-electron chi connectivity index (χ0n) is 11.7. The van der Waals surface area contributed by atoms with Gasteiger partial charge in [-0.1, -0.05) is 32.1 Å². The van der Waals surface area contributed by atoms with Crippen LogP contribution in [0.5, 0.6) is 0 Å². The summed E-state index contributed by atoms with van der Waals surface area (Å²) >= 11 is 0. The lowest BCUT2D eigenvalue weighted by molar-refractivity contribution is 0.0137. The maximum atomic E-state index is 9.66. The zero-order chi connectivity index (χ0) is 13.1. The predicted molar refractivity (Wildman–Crippen MR) is 72.8 cm³/mol. The van der Waals surface area contributed by atoms with Crippen LogP contribution in [-0.4, -0.2) is 51.2 Å².